The maximum absolute atomic E-state index is 13.0. The average molecular weight is 425 g/mol. The number of nitro groups is 1. The van der Waals surface area contributed by atoms with Crippen LogP contribution in [0.1, 0.15) is 27.6 Å². The van der Waals surface area contributed by atoms with Crippen LogP contribution in [0.4, 0.5) is 16.0 Å². The molecule has 0 saturated heterocycles. The summed E-state index contributed by atoms with van der Waals surface area (Å²) in [6.07, 6.45) is 1.18. The lowest BCUT2D eigenvalue weighted by Gasteiger charge is -2.10. The number of benzene rings is 2. The Balaban J connectivity index is 1.67. The van der Waals surface area contributed by atoms with Crippen molar-refractivity contribution in [3.05, 3.63) is 81.9 Å². The van der Waals surface area contributed by atoms with Crippen LogP contribution in [0.2, 0.25) is 0 Å². The summed E-state index contributed by atoms with van der Waals surface area (Å²) in [5.41, 5.74) is 3.40. The molecule has 0 fully saturated rings. The molecule has 2 amide bonds. The fourth-order valence-corrected chi connectivity index (χ4v) is 2.51. The minimum Gasteiger partial charge on any atom is -0.390 e. The number of nitrogens with one attached hydrogen (secondary N) is 2. The second-order valence-corrected chi connectivity index (χ2v) is 6.29. The van der Waals surface area contributed by atoms with Gasteiger partial charge in [0.15, 0.2) is 0 Å². The quantitative estimate of drug-likeness (QED) is 0.338. The minimum atomic E-state index is -0.720. The van der Waals surface area contributed by atoms with E-state index in [1.165, 1.54) is 29.2 Å². The number of para-hydroxylation sites is 1. The summed E-state index contributed by atoms with van der Waals surface area (Å²) in [5.74, 6) is -2.10. The lowest BCUT2D eigenvalue weighted by molar-refractivity contribution is -0.394. The Labute approximate surface area is 174 Å². The summed E-state index contributed by atoms with van der Waals surface area (Å²) in [5, 5.41) is 20.8. The van der Waals surface area contributed by atoms with Crippen LogP contribution in [0.15, 0.2) is 60.0 Å². The zero-order chi connectivity index (χ0) is 22.4. The van der Waals surface area contributed by atoms with Gasteiger partial charge in [-0.15, -0.1) is 0 Å². The molecule has 1 aromatic heterocycles. The van der Waals surface area contributed by atoms with Gasteiger partial charge < -0.3 is 15.4 Å². The maximum Gasteiger partial charge on any atom is 0.490 e. The second-order valence-electron chi connectivity index (χ2n) is 6.29. The van der Waals surface area contributed by atoms with E-state index in [2.05, 4.69) is 25.9 Å². The Bertz CT molecular complexity index is 1160. The summed E-state index contributed by atoms with van der Waals surface area (Å²) in [7, 11) is 0. The number of nitrogens with zero attached hydrogens (tertiary/aromatic N) is 5. The Hall–Kier alpha value is -4.48. The van der Waals surface area contributed by atoms with Crippen LogP contribution in [0.5, 0.6) is 0 Å². The first kappa shape index (κ1) is 21.2. The monoisotopic (exact) mass is 425 g/mol. The van der Waals surface area contributed by atoms with Crippen LogP contribution >= 0.6 is 0 Å². The summed E-state index contributed by atoms with van der Waals surface area (Å²) in [4.78, 5) is 38.3. The van der Waals surface area contributed by atoms with Crippen LogP contribution in [0.3, 0.4) is 0 Å². The molecule has 2 N–H and O–H groups in total. The molecule has 0 bridgehead atoms. The van der Waals surface area contributed by atoms with Gasteiger partial charge in [-0.1, -0.05) is 17.1 Å². The lowest BCUT2D eigenvalue weighted by atomic mass is 10.1. The number of hydrogen-bond donors (Lipinski definition) is 2. The van der Waals surface area contributed by atoms with Gasteiger partial charge in [-0.3, -0.25) is 9.59 Å². The number of anilines is 1. The van der Waals surface area contributed by atoms with E-state index in [0.717, 1.165) is 12.1 Å². The fourth-order valence-electron chi connectivity index (χ4n) is 2.51. The van der Waals surface area contributed by atoms with E-state index in [4.69, 9.17) is 0 Å². The van der Waals surface area contributed by atoms with Gasteiger partial charge in [-0.25, -0.2) is 9.82 Å². The van der Waals surface area contributed by atoms with E-state index >= 15 is 0 Å². The first-order valence-corrected chi connectivity index (χ1v) is 8.87. The van der Waals surface area contributed by atoms with Gasteiger partial charge in [0.1, 0.15) is 5.82 Å². The zero-order valence-electron chi connectivity index (χ0n) is 16.2. The van der Waals surface area contributed by atoms with E-state index in [1.807, 2.05) is 0 Å². The molecule has 3 rings (SSSR count). The molecule has 3 aromatic rings. The molecule has 158 valence electrons. The van der Waals surface area contributed by atoms with Gasteiger partial charge in [0, 0.05) is 10.7 Å². The number of hydrogen-bond acceptors (Lipinski definition) is 7. The van der Waals surface area contributed by atoms with Gasteiger partial charge in [-0.2, -0.15) is 9.78 Å². The Morgan fingerprint density at radius 2 is 1.87 bits per heavy atom. The molecule has 31 heavy (non-hydrogen) atoms. The predicted octanol–water partition coefficient (Wildman–Crippen LogP) is 2.38. The van der Waals surface area contributed by atoms with Gasteiger partial charge in [0.05, 0.1) is 23.5 Å². The molecule has 0 aliphatic heterocycles. The number of carbonyl (C=O) groups is 2. The third-order valence-corrected chi connectivity index (χ3v) is 3.95. The van der Waals surface area contributed by atoms with Crippen molar-refractivity contribution in [2.45, 2.75) is 13.5 Å². The van der Waals surface area contributed by atoms with E-state index in [-0.39, 0.29) is 23.4 Å². The summed E-state index contributed by atoms with van der Waals surface area (Å²) < 4.78 is 14.2. The van der Waals surface area contributed by atoms with Crippen molar-refractivity contribution in [2.24, 2.45) is 5.10 Å². The fraction of sp³-hybridized carbons (Fsp3) is 0.105. The standard InChI is InChI=1S/C19H16FN7O4/c1-12(10-26-11-21-19(25-26)27(30)31)23-24-18(29)15-4-2-3-5-16(15)22-17(28)13-6-8-14(20)9-7-13/h2-9,11H,10H2,1H3,(H,22,28)(H,24,29). The van der Waals surface area contributed by atoms with Crippen molar-refractivity contribution >= 4 is 29.2 Å². The highest BCUT2D eigenvalue weighted by Gasteiger charge is 2.15. The molecule has 2 aromatic carbocycles. The van der Waals surface area contributed by atoms with Gasteiger partial charge in [0.25, 0.3) is 11.8 Å². The van der Waals surface area contributed by atoms with E-state index < -0.39 is 28.5 Å². The second kappa shape index (κ2) is 9.35. The lowest BCUT2D eigenvalue weighted by Crippen LogP contribution is -2.23. The predicted molar refractivity (Wildman–Crippen MR) is 108 cm³/mol. The number of amides is 2. The number of halogens is 1. The highest BCUT2D eigenvalue weighted by molar-refractivity contribution is 6.09. The molecular formula is C19H16FN7O4. The summed E-state index contributed by atoms with van der Waals surface area (Å²) in [6, 6.07) is 11.3. The first-order chi connectivity index (χ1) is 14.8. The normalized spacial score (nSPS) is 11.1. The SMILES string of the molecule is CC(Cn1cnc([N+](=O)[O-])n1)=NNC(=O)c1ccccc1NC(=O)c1ccc(F)cc1. The number of carbonyl (C=O) groups excluding carboxylic acids is 2. The number of aromatic nitrogens is 3. The van der Waals surface area contributed by atoms with Crippen LogP contribution in [-0.2, 0) is 6.54 Å². The van der Waals surface area contributed by atoms with Crippen LogP contribution < -0.4 is 10.7 Å². The Morgan fingerprint density at radius 1 is 1.16 bits per heavy atom. The molecule has 12 heteroatoms. The number of hydrazone groups is 1. The van der Waals surface area contributed by atoms with Crippen LogP contribution in [0, 0.1) is 15.9 Å². The van der Waals surface area contributed by atoms with Gasteiger partial charge in [0.2, 0.25) is 6.33 Å². The van der Waals surface area contributed by atoms with Gasteiger partial charge in [-0.05, 0) is 48.2 Å². The van der Waals surface area contributed by atoms with E-state index in [0.29, 0.717) is 5.71 Å². The smallest absolute Gasteiger partial charge is 0.390 e. The minimum absolute atomic E-state index is 0.0735. The highest BCUT2D eigenvalue weighted by atomic mass is 19.1. The molecule has 0 aliphatic carbocycles. The van der Waals surface area contributed by atoms with Crippen molar-refractivity contribution in [3.63, 3.8) is 0 Å². The topological polar surface area (TPSA) is 144 Å². The van der Waals surface area contributed by atoms with Crippen LogP contribution in [0.25, 0.3) is 0 Å². The molecule has 0 unspecified atom stereocenters. The van der Waals surface area contributed by atoms with Crippen molar-refractivity contribution in [2.75, 3.05) is 5.32 Å². The molecular weight excluding hydrogens is 409 g/mol. The van der Waals surface area contributed by atoms with Crippen molar-refractivity contribution in [3.8, 4) is 0 Å². The highest BCUT2D eigenvalue weighted by Crippen LogP contribution is 2.16. The Kier molecular flexibility index (Phi) is 6.40. The first-order valence-electron chi connectivity index (χ1n) is 8.87. The largest absolute Gasteiger partial charge is 0.490 e. The molecule has 0 saturated carbocycles. The molecule has 0 atom stereocenters. The van der Waals surface area contributed by atoms with Crippen molar-refractivity contribution in [1.82, 2.24) is 20.2 Å². The molecule has 1 heterocycles. The van der Waals surface area contributed by atoms with E-state index in [1.54, 1.807) is 25.1 Å². The molecule has 0 aliphatic rings. The average Bonchev–Trinajstić information content (AvgIpc) is 3.21. The summed E-state index contributed by atoms with van der Waals surface area (Å²) >= 11 is 0. The van der Waals surface area contributed by atoms with Crippen molar-refractivity contribution in [1.29, 1.82) is 0 Å². The maximum atomic E-state index is 13.0. The summed E-state index contributed by atoms with van der Waals surface area (Å²) in [6.45, 7) is 1.67. The van der Waals surface area contributed by atoms with E-state index in [9.17, 15) is 24.1 Å². The van der Waals surface area contributed by atoms with Crippen LogP contribution in [-0.4, -0.2) is 37.2 Å². The Morgan fingerprint density at radius 3 is 2.55 bits per heavy atom. The third kappa shape index (κ3) is 5.53. The molecule has 0 radical (unpaired) electrons. The third-order valence-electron chi connectivity index (χ3n) is 3.95. The molecule has 0 spiro atoms. The van der Waals surface area contributed by atoms with Crippen molar-refractivity contribution < 1.29 is 18.9 Å². The molecule has 11 nitrogen and oxygen atoms in total. The number of rotatable bonds is 7. The zero-order valence-corrected chi connectivity index (χ0v) is 16.2. The van der Waals surface area contributed by atoms with Gasteiger partial charge >= 0.3 is 5.95 Å².